The zero-order valence-corrected chi connectivity index (χ0v) is 20.7. The molecule has 0 atom stereocenters. The number of anilines is 1. The number of hydrogen-bond donors (Lipinski definition) is 1. The zero-order chi connectivity index (χ0) is 25.5. The van der Waals surface area contributed by atoms with Crippen LogP contribution in [-0.2, 0) is 22.4 Å². The van der Waals surface area contributed by atoms with Crippen molar-refractivity contribution in [2.75, 3.05) is 5.32 Å². The van der Waals surface area contributed by atoms with Gasteiger partial charge in [0.1, 0.15) is 11.4 Å². The fraction of sp³-hybridized carbons (Fsp3) is 0.219. The molecule has 4 aromatic rings. The van der Waals surface area contributed by atoms with Crippen molar-refractivity contribution >= 4 is 50.8 Å². The van der Waals surface area contributed by atoms with E-state index in [9.17, 15) is 14.4 Å². The van der Waals surface area contributed by atoms with Crippen molar-refractivity contribution in [3.05, 3.63) is 98.9 Å². The average molecular weight is 490 g/mol. The lowest BCUT2D eigenvalue weighted by molar-refractivity contribution is -0.122. The Morgan fingerprint density at radius 1 is 0.973 bits per heavy atom. The number of carbonyl (C=O) groups is 2. The van der Waals surface area contributed by atoms with Crippen LogP contribution in [0.1, 0.15) is 53.5 Å². The normalized spacial score (nSPS) is 13.6. The first-order valence-electron chi connectivity index (χ1n) is 12.8. The van der Waals surface area contributed by atoms with Crippen LogP contribution in [0.5, 0.6) is 0 Å². The van der Waals surface area contributed by atoms with Gasteiger partial charge in [-0.3, -0.25) is 9.59 Å². The van der Waals surface area contributed by atoms with Gasteiger partial charge < -0.3 is 9.73 Å². The van der Waals surface area contributed by atoms with Gasteiger partial charge in [-0.2, -0.15) is 0 Å². The number of nitrogens with one attached hydrogen (secondary N) is 1. The molecule has 6 rings (SSSR count). The lowest BCUT2D eigenvalue weighted by Crippen LogP contribution is -2.14. The number of fused-ring (bicyclic) bond motifs is 1. The Balaban J connectivity index is 1.09. The topological polar surface area (TPSA) is 76.4 Å². The highest BCUT2D eigenvalue weighted by Gasteiger charge is 2.21. The molecule has 5 heteroatoms. The molecule has 1 aromatic heterocycles. The van der Waals surface area contributed by atoms with E-state index in [0.717, 1.165) is 23.8 Å². The SMILES string of the molecule is Cc1cc(=O)oc2cc(NC(=O)CCC(=O)CCc3ccc4ccc5c6c4c3CC=C6CC=C5)ccc12. The molecule has 0 fully saturated rings. The van der Waals surface area contributed by atoms with Gasteiger partial charge >= 0.3 is 5.63 Å². The third-order valence-electron chi connectivity index (χ3n) is 7.47. The first-order valence-corrected chi connectivity index (χ1v) is 12.8. The fourth-order valence-electron chi connectivity index (χ4n) is 5.61. The van der Waals surface area contributed by atoms with Crippen molar-refractivity contribution in [2.24, 2.45) is 0 Å². The van der Waals surface area contributed by atoms with Gasteiger partial charge in [-0.1, -0.05) is 42.5 Å². The van der Waals surface area contributed by atoms with Gasteiger partial charge in [0.05, 0.1) is 0 Å². The van der Waals surface area contributed by atoms with Crippen LogP contribution in [0.3, 0.4) is 0 Å². The van der Waals surface area contributed by atoms with E-state index in [1.807, 2.05) is 13.0 Å². The Bertz CT molecular complexity index is 1720. The molecule has 184 valence electrons. The van der Waals surface area contributed by atoms with Gasteiger partial charge in [-0.25, -0.2) is 4.79 Å². The largest absolute Gasteiger partial charge is 0.423 e. The molecule has 1 N–H and O–H groups in total. The molecular weight excluding hydrogens is 462 g/mol. The van der Waals surface area contributed by atoms with Gasteiger partial charge in [0, 0.05) is 42.5 Å². The standard InChI is InChI=1S/C32H27NO4/c1-19-17-30(36)37-28-18-24(11-15-26(19)28)33-29(35)16-13-25(34)12-9-20-5-6-23-8-7-21-3-2-4-22-10-14-27(20)32(23)31(21)22/h2-3,5-8,10-11,15,17-18H,4,9,12-14,16H2,1H3,(H,33,35). The highest BCUT2D eigenvalue weighted by molar-refractivity contribution is 6.03. The van der Waals surface area contributed by atoms with E-state index in [4.69, 9.17) is 4.42 Å². The van der Waals surface area contributed by atoms with E-state index in [1.165, 1.54) is 44.7 Å². The second-order valence-corrected chi connectivity index (χ2v) is 9.92. The Morgan fingerprint density at radius 2 is 1.84 bits per heavy atom. The maximum atomic E-state index is 12.7. The van der Waals surface area contributed by atoms with Crippen molar-refractivity contribution in [1.29, 1.82) is 0 Å². The summed E-state index contributed by atoms with van der Waals surface area (Å²) in [5.41, 5.74) is 7.95. The van der Waals surface area contributed by atoms with Crippen LogP contribution >= 0.6 is 0 Å². The second-order valence-electron chi connectivity index (χ2n) is 9.92. The minimum absolute atomic E-state index is 0.0765. The molecule has 0 spiro atoms. The molecule has 0 bridgehead atoms. The van der Waals surface area contributed by atoms with Crippen LogP contribution < -0.4 is 10.9 Å². The summed E-state index contributed by atoms with van der Waals surface area (Å²) >= 11 is 0. The summed E-state index contributed by atoms with van der Waals surface area (Å²) in [7, 11) is 0. The number of hydrogen-bond acceptors (Lipinski definition) is 4. The van der Waals surface area contributed by atoms with E-state index in [2.05, 4.69) is 47.8 Å². The highest BCUT2D eigenvalue weighted by Crippen LogP contribution is 2.41. The summed E-state index contributed by atoms with van der Waals surface area (Å²) in [6.07, 6.45) is 10.0. The average Bonchev–Trinajstić information content (AvgIpc) is 2.89. The highest BCUT2D eigenvalue weighted by atomic mass is 16.4. The molecule has 2 aliphatic rings. The van der Waals surface area contributed by atoms with Crippen LogP contribution in [0.2, 0.25) is 0 Å². The fourth-order valence-corrected chi connectivity index (χ4v) is 5.61. The number of rotatable bonds is 7. The third-order valence-corrected chi connectivity index (χ3v) is 7.47. The van der Waals surface area contributed by atoms with E-state index in [-0.39, 0.29) is 24.5 Å². The first kappa shape index (κ1) is 23.2. The van der Waals surface area contributed by atoms with Crippen molar-refractivity contribution in [3.63, 3.8) is 0 Å². The van der Waals surface area contributed by atoms with Gasteiger partial charge in [0.15, 0.2) is 0 Å². The van der Waals surface area contributed by atoms with Gasteiger partial charge in [0.2, 0.25) is 5.91 Å². The summed E-state index contributed by atoms with van der Waals surface area (Å²) < 4.78 is 5.25. The number of aryl methyl sites for hydroxylation is 2. The van der Waals surface area contributed by atoms with E-state index in [0.29, 0.717) is 24.1 Å². The van der Waals surface area contributed by atoms with Crippen LogP contribution in [0.4, 0.5) is 5.69 Å². The summed E-state index contributed by atoms with van der Waals surface area (Å²) in [4.78, 5) is 36.8. The van der Waals surface area contributed by atoms with Crippen LogP contribution in [0.25, 0.3) is 33.4 Å². The molecular formula is C32H27NO4. The molecule has 0 radical (unpaired) electrons. The molecule has 37 heavy (non-hydrogen) atoms. The molecule has 3 aromatic carbocycles. The lowest BCUT2D eigenvalue weighted by atomic mass is 9.79. The van der Waals surface area contributed by atoms with Crippen molar-refractivity contribution in [2.45, 2.75) is 45.4 Å². The van der Waals surface area contributed by atoms with Crippen LogP contribution in [0, 0.1) is 6.92 Å². The predicted molar refractivity (Wildman–Crippen MR) is 148 cm³/mol. The summed E-state index contributed by atoms with van der Waals surface area (Å²) in [5, 5.41) is 6.23. The summed E-state index contributed by atoms with van der Waals surface area (Å²) in [5.74, 6) is -0.159. The van der Waals surface area contributed by atoms with Crippen LogP contribution in [0.15, 0.2) is 69.9 Å². The Morgan fingerprint density at radius 3 is 2.73 bits per heavy atom. The van der Waals surface area contributed by atoms with Crippen molar-refractivity contribution in [3.8, 4) is 0 Å². The molecule has 1 heterocycles. The number of carbonyl (C=O) groups excluding carboxylic acids is 2. The molecule has 0 saturated carbocycles. The third kappa shape index (κ3) is 4.42. The number of allylic oxidation sites excluding steroid dienone is 3. The zero-order valence-electron chi connectivity index (χ0n) is 20.7. The summed E-state index contributed by atoms with van der Waals surface area (Å²) in [6.45, 7) is 1.84. The van der Waals surface area contributed by atoms with Gasteiger partial charge in [-0.15, -0.1) is 0 Å². The minimum atomic E-state index is -0.423. The number of ketones is 1. The first-order chi connectivity index (χ1) is 18.0. The molecule has 0 unspecified atom stereocenters. The van der Waals surface area contributed by atoms with E-state index < -0.39 is 5.63 Å². The Hall–Kier alpha value is -4.25. The van der Waals surface area contributed by atoms with E-state index in [1.54, 1.807) is 12.1 Å². The monoisotopic (exact) mass is 489 g/mol. The molecule has 0 aliphatic heterocycles. The second kappa shape index (κ2) is 9.32. The Labute approximate surface area is 214 Å². The van der Waals surface area contributed by atoms with E-state index >= 15 is 0 Å². The van der Waals surface area contributed by atoms with Gasteiger partial charge in [0.25, 0.3) is 0 Å². The van der Waals surface area contributed by atoms with Crippen LogP contribution in [-0.4, -0.2) is 11.7 Å². The van der Waals surface area contributed by atoms with Crippen molar-refractivity contribution in [1.82, 2.24) is 0 Å². The maximum absolute atomic E-state index is 12.7. The lowest BCUT2D eigenvalue weighted by Gasteiger charge is -2.25. The smallest absolute Gasteiger partial charge is 0.336 e. The Kier molecular flexibility index (Phi) is 5.84. The van der Waals surface area contributed by atoms with Gasteiger partial charge in [-0.05, 0) is 82.5 Å². The molecule has 5 nitrogen and oxygen atoms in total. The number of benzene rings is 3. The molecule has 0 saturated heterocycles. The minimum Gasteiger partial charge on any atom is -0.423 e. The molecule has 1 amide bonds. The maximum Gasteiger partial charge on any atom is 0.336 e. The number of Topliss-reactive ketones (excluding diaryl/α,β-unsaturated/α-hetero) is 1. The predicted octanol–water partition coefficient (Wildman–Crippen LogP) is 6.53. The quantitative estimate of drug-likeness (QED) is 0.299. The number of amides is 1. The van der Waals surface area contributed by atoms with Crippen molar-refractivity contribution < 1.29 is 14.0 Å². The summed E-state index contributed by atoms with van der Waals surface area (Å²) in [6, 6.07) is 15.4. The molecule has 2 aliphatic carbocycles.